The second-order valence-electron chi connectivity index (χ2n) is 8.08. The maximum atomic E-state index is 11.7. The number of aromatic hydroxyl groups is 1. The average molecular weight is 449 g/mol. The van der Waals surface area contributed by atoms with Gasteiger partial charge in [-0.25, -0.2) is 0 Å². The zero-order valence-corrected chi connectivity index (χ0v) is 19.4. The first-order chi connectivity index (χ1) is 14.9. The molecule has 0 unspecified atom stereocenters. The summed E-state index contributed by atoms with van der Waals surface area (Å²) in [6, 6.07) is 11.4. The summed E-state index contributed by atoms with van der Waals surface area (Å²) in [6.07, 6.45) is 14.2. The molecular weight excluding hydrogens is 412 g/mol. The highest BCUT2D eigenvalue weighted by atomic mass is 32.2. The normalized spacial score (nSPS) is 11.5. The van der Waals surface area contributed by atoms with E-state index in [2.05, 4.69) is 6.92 Å². The van der Waals surface area contributed by atoms with Crippen molar-refractivity contribution in [2.24, 2.45) is 0 Å². The number of benzene rings is 2. The fourth-order valence-corrected chi connectivity index (χ4v) is 4.30. The maximum Gasteiger partial charge on any atom is 0.298 e. The summed E-state index contributed by atoms with van der Waals surface area (Å²) in [5.41, 5.74) is 0.620. The van der Waals surface area contributed by atoms with Gasteiger partial charge in [0.05, 0.1) is 0 Å². The van der Waals surface area contributed by atoms with E-state index < -0.39 is 15.0 Å². The van der Waals surface area contributed by atoms with Crippen LogP contribution < -0.4 is 4.74 Å². The third-order valence-electron chi connectivity index (χ3n) is 5.47. The highest BCUT2D eigenvalue weighted by Gasteiger charge is 2.23. The summed E-state index contributed by atoms with van der Waals surface area (Å²) < 4.78 is 38.6. The van der Waals surface area contributed by atoms with Crippen molar-refractivity contribution in [1.82, 2.24) is 0 Å². The molecule has 0 bridgehead atoms. The number of ether oxygens (including phenoxy) is 1. The van der Waals surface area contributed by atoms with Gasteiger partial charge in [-0.2, -0.15) is 8.42 Å². The molecule has 0 aliphatic carbocycles. The molecule has 0 amide bonds. The number of unbranched alkanes of at least 4 members (excludes halogenated alkanes) is 10. The van der Waals surface area contributed by atoms with Crippen LogP contribution in [0.5, 0.6) is 17.2 Å². The number of para-hydroxylation sites is 1. The van der Waals surface area contributed by atoms with E-state index in [-0.39, 0.29) is 11.5 Å². The van der Waals surface area contributed by atoms with Gasteiger partial charge in [0.25, 0.3) is 10.1 Å². The van der Waals surface area contributed by atoms with Gasteiger partial charge < -0.3 is 9.84 Å². The van der Waals surface area contributed by atoms with Crippen molar-refractivity contribution in [3.63, 3.8) is 0 Å². The summed E-state index contributed by atoms with van der Waals surface area (Å²) in [6.45, 7) is 2.24. The first kappa shape index (κ1) is 25.2. The molecule has 2 rings (SSSR count). The molecule has 0 radical (unpaired) electrons. The Morgan fingerprint density at radius 2 is 1.32 bits per heavy atom. The van der Waals surface area contributed by atoms with Crippen molar-refractivity contribution in [3.8, 4) is 17.2 Å². The monoisotopic (exact) mass is 448 g/mol. The number of phenolic OH excluding ortho intramolecular Hbond substituents is 1. The predicted molar refractivity (Wildman–Crippen MR) is 125 cm³/mol. The van der Waals surface area contributed by atoms with Crippen LogP contribution in [0.1, 0.15) is 83.1 Å². The molecule has 0 heterocycles. The molecule has 0 saturated carbocycles. The van der Waals surface area contributed by atoms with Gasteiger partial charge in [-0.3, -0.25) is 4.55 Å². The quantitative estimate of drug-likeness (QED) is 0.221. The van der Waals surface area contributed by atoms with Crippen LogP contribution in [0, 0.1) is 0 Å². The minimum Gasteiger partial charge on any atom is -0.504 e. The van der Waals surface area contributed by atoms with E-state index in [9.17, 15) is 18.1 Å². The lowest BCUT2D eigenvalue weighted by molar-refractivity contribution is 0.392. The minimum absolute atomic E-state index is 0.228. The van der Waals surface area contributed by atoms with Crippen molar-refractivity contribution < 1.29 is 22.8 Å². The molecule has 31 heavy (non-hydrogen) atoms. The Bertz CT molecular complexity index is 878. The van der Waals surface area contributed by atoms with Crippen LogP contribution >= 0.6 is 0 Å². The smallest absolute Gasteiger partial charge is 0.298 e. The van der Waals surface area contributed by atoms with Crippen molar-refractivity contribution in [2.45, 2.75) is 88.9 Å². The second kappa shape index (κ2) is 13.4. The highest BCUT2D eigenvalue weighted by Crippen LogP contribution is 2.40. The molecule has 0 saturated heterocycles. The largest absolute Gasteiger partial charge is 0.504 e. The molecule has 2 aromatic rings. The molecule has 172 valence electrons. The number of phenols is 1. The van der Waals surface area contributed by atoms with E-state index in [0.717, 1.165) is 19.3 Å². The average Bonchev–Trinajstić information content (AvgIpc) is 2.74. The maximum absolute atomic E-state index is 11.7. The number of hydrogen-bond acceptors (Lipinski definition) is 4. The van der Waals surface area contributed by atoms with E-state index in [4.69, 9.17) is 4.74 Å². The van der Waals surface area contributed by atoms with E-state index in [0.29, 0.717) is 17.7 Å². The van der Waals surface area contributed by atoms with Gasteiger partial charge >= 0.3 is 0 Å². The van der Waals surface area contributed by atoms with Crippen LogP contribution in [0.4, 0.5) is 0 Å². The van der Waals surface area contributed by atoms with Crippen LogP contribution in [0.25, 0.3) is 0 Å². The van der Waals surface area contributed by atoms with Gasteiger partial charge in [0, 0.05) is 0 Å². The lowest BCUT2D eigenvalue weighted by atomic mass is 10.0. The molecule has 0 spiro atoms. The number of rotatable bonds is 15. The minimum atomic E-state index is -4.52. The van der Waals surface area contributed by atoms with Crippen molar-refractivity contribution in [2.75, 3.05) is 0 Å². The lowest BCUT2D eigenvalue weighted by Crippen LogP contribution is -2.03. The molecule has 0 aliphatic rings. The Kier molecular flexibility index (Phi) is 10.9. The molecule has 0 atom stereocenters. The Hall–Kier alpha value is -2.05. The number of hydrogen-bond donors (Lipinski definition) is 2. The van der Waals surface area contributed by atoms with E-state index in [1.54, 1.807) is 36.4 Å². The van der Waals surface area contributed by atoms with Crippen LogP contribution in [0.2, 0.25) is 0 Å². The Morgan fingerprint density at radius 3 is 1.87 bits per heavy atom. The fourth-order valence-electron chi connectivity index (χ4n) is 3.68. The van der Waals surface area contributed by atoms with Crippen molar-refractivity contribution >= 4 is 10.1 Å². The Balaban J connectivity index is 1.86. The first-order valence-electron chi connectivity index (χ1n) is 11.5. The SMILES string of the molecule is CCCCCCCCCCCCCc1ccc(S(=O)(=O)O)c(Oc2ccccc2)c1O. The molecule has 0 fully saturated rings. The zero-order valence-electron chi connectivity index (χ0n) is 18.6. The van der Waals surface area contributed by atoms with E-state index >= 15 is 0 Å². The lowest BCUT2D eigenvalue weighted by Gasteiger charge is -2.14. The van der Waals surface area contributed by atoms with Crippen molar-refractivity contribution in [3.05, 3.63) is 48.0 Å². The molecule has 6 heteroatoms. The Labute approximate surface area is 187 Å². The van der Waals surface area contributed by atoms with Crippen LogP contribution in [0.15, 0.2) is 47.4 Å². The molecule has 0 aliphatic heterocycles. The fraction of sp³-hybridized carbons (Fsp3) is 0.520. The van der Waals surface area contributed by atoms with Crippen LogP contribution in [-0.2, 0) is 16.5 Å². The standard InChI is InChI=1S/C25H36O5S/c1-2-3-4-5-6-7-8-9-10-11-13-16-21-19-20-23(31(27,28)29)25(24(21)26)30-22-17-14-12-15-18-22/h12,14-15,17-20,26H,2-11,13,16H2,1H3,(H,27,28,29). The molecule has 2 aromatic carbocycles. The second-order valence-corrected chi connectivity index (χ2v) is 9.47. The molecule has 2 N–H and O–H groups in total. The molecule has 0 aromatic heterocycles. The van der Waals surface area contributed by atoms with Crippen molar-refractivity contribution in [1.29, 1.82) is 0 Å². The number of aryl methyl sites for hydroxylation is 1. The van der Waals surface area contributed by atoms with Gasteiger partial charge in [0.1, 0.15) is 10.6 Å². The van der Waals surface area contributed by atoms with Gasteiger partial charge in [-0.15, -0.1) is 0 Å². The summed E-state index contributed by atoms with van der Waals surface area (Å²) in [5.74, 6) is -0.0742. The zero-order chi connectivity index (χ0) is 22.5. The van der Waals surface area contributed by atoms with Gasteiger partial charge in [0.2, 0.25) is 0 Å². The summed E-state index contributed by atoms with van der Waals surface area (Å²) in [5, 5.41) is 10.7. The first-order valence-corrected chi connectivity index (χ1v) is 12.9. The van der Waals surface area contributed by atoms with E-state index in [1.165, 1.54) is 57.4 Å². The molecule has 5 nitrogen and oxygen atoms in total. The van der Waals surface area contributed by atoms with E-state index in [1.807, 2.05) is 0 Å². The Morgan fingerprint density at radius 1 is 0.774 bits per heavy atom. The highest BCUT2D eigenvalue weighted by molar-refractivity contribution is 7.86. The third kappa shape index (κ3) is 8.91. The summed E-state index contributed by atoms with van der Waals surface area (Å²) in [7, 11) is -4.52. The van der Waals surface area contributed by atoms with Gasteiger partial charge in [-0.05, 0) is 36.6 Å². The summed E-state index contributed by atoms with van der Waals surface area (Å²) >= 11 is 0. The third-order valence-corrected chi connectivity index (χ3v) is 6.35. The predicted octanol–water partition coefficient (Wildman–Crippen LogP) is 7.28. The van der Waals surface area contributed by atoms with Crippen LogP contribution in [0.3, 0.4) is 0 Å². The van der Waals surface area contributed by atoms with Gasteiger partial charge in [0.15, 0.2) is 11.5 Å². The molecular formula is C25H36O5S. The van der Waals surface area contributed by atoms with Crippen LogP contribution in [-0.4, -0.2) is 18.1 Å². The topological polar surface area (TPSA) is 83.8 Å². The van der Waals surface area contributed by atoms with Gasteiger partial charge in [-0.1, -0.05) is 95.4 Å². The summed E-state index contributed by atoms with van der Waals surface area (Å²) in [4.78, 5) is -0.434.